The van der Waals surface area contributed by atoms with Crippen LogP contribution in [0.25, 0.3) is 0 Å². The van der Waals surface area contributed by atoms with Gasteiger partial charge in [-0.3, -0.25) is 20.4 Å². The van der Waals surface area contributed by atoms with Crippen molar-refractivity contribution in [2.45, 2.75) is 26.2 Å². The second-order valence-corrected chi connectivity index (χ2v) is 3.40. The molecule has 0 spiro atoms. The van der Waals surface area contributed by atoms with Crippen LogP contribution in [0, 0.1) is 5.41 Å². The first-order valence-corrected chi connectivity index (χ1v) is 5.22. The Morgan fingerprint density at radius 1 is 1.62 bits per heavy atom. The van der Waals surface area contributed by atoms with Crippen LogP contribution in [0.1, 0.15) is 31.9 Å². The van der Waals surface area contributed by atoms with Gasteiger partial charge in [0.2, 0.25) is 0 Å². The van der Waals surface area contributed by atoms with Gasteiger partial charge < -0.3 is 4.74 Å². The van der Waals surface area contributed by atoms with E-state index in [1.54, 1.807) is 18.6 Å². The molecule has 1 atom stereocenters. The number of nitrogens with one attached hydrogen (secondary N) is 1. The van der Waals surface area contributed by atoms with Gasteiger partial charge in [-0.25, -0.2) is 0 Å². The standard InChI is InChI=1S/C11H16N4O/c1-3-11(12)16-8-14-6-9(2)10-7-13-4-5-15-10/h4-5,7-9,12H,3,6H2,1-2H3/b12-11?,14-8+. The van der Waals surface area contributed by atoms with Crippen LogP contribution in [0.15, 0.2) is 23.6 Å². The van der Waals surface area contributed by atoms with Crippen LogP contribution in [0.4, 0.5) is 0 Å². The fraction of sp³-hybridized carbons (Fsp3) is 0.455. The van der Waals surface area contributed by atoms with Gasteiger partial charge in [0.15, 0.2) is 12.3 Å². The van der Waals surface area contributed by atoms with Crippen LogP contribution in [0.5, 0.6) is 0 Å². The molecular formula is C11H16N4O. The molecule has 5 nitrogen and oxygen atoms in total. The Hall–Kier alpha value is -1.78. The monoisotopic (exact) mass is 220 g/mol. The van der Waals surface area contributed by atoms with Gasteiger partial charge in [0.1, 0.15) is 0 Å². The third kappa shape index (κ3) is 4.16. The summed E-state index contributed by atoms with van der Waals surface area (Å²) in [5.74, 6) is 0.417. The number of hydrogen-bond acceptors (Lipinski definition) is 5. The van der Waals surface area contributed by atoms with Crippen LogP contribution < -0.4 is 0 Å². The minimum Gasteiger partial charge on any atom is -0.432 e. The molecule has 86 valence electrons. The second kappa shape index (κ2) is 6.66. The first-order chi connectivity index (χ1) is 7.74. The molecule has 0 saturated carbocycles. The van der Waals surface area contributed by atoms with E-state index >= 15 is 0 Å². The van der Waals surface area contributed by atoms with Crippen molar-refractivity contribution in [1.29, 1.82) is 5.41 Å². The number of ether oxygens (including phenoxy) is 1. The predicted octanol–water partition coefficient (Wildman–Crippen LogP) is 2.01. The van der Waals surface area contributed by atoms with Gasteiger partial charge in [0.25, 0.3) is 0 Å². The largest absolute Gasteiger partial charge is 0.432 e. The normalized spacial score (nSPS) is 12.6. The maximum Gasteiger partial charge on any atom is 0.188 e. The van der Waals surface area contributed by atoms with E-state index in [0.717, 1.165) is 5.69 Å². The van der Waals surface area contributed by atoms with E-state index in [9.17, 15) is 0 Å². The van der Waals surface area contributed by atoms with Crippen molar-refractivity contribution in [2.24, 2.45) is 4.99 Å². The average molecular weight is 220 g/mol. The molecule has 16 heavy (non-hydrogen) atoms. The summed E-state index contributed by atoms with van der Waals surface area (Å²) in [6.45, 7) is 4.46. The summed E-state index contributed by atoms with van der Waals surface area (Å²) in [5.41, 5.74) is 0.908. The Morgan fingerprint density at radius 3 is 3.06 bits per heavy atom. The molecule has 0 aliphatic rings. The van der Waals surface area contributed by atoms with Crippen LogP contribution in [0.3, 0.4) is 0 Å². The average Bonchev–Trinajstić information content (AvgIpc) is 2.35. The van der Waals surface area contributed by atoms with Crippen molar-refractivity contribution < 1.29 is 4.74 Å². The number of rotatable bonds is 5. The maximum atomic E-state index is 7.25. The van der Waals surface area contributed by atoms with Crippen molar-refractivity contribution in [1.82, 2.24) is 9.97 Å². The fourth-order valence-electron chi connectivity index (χ4n) is 1.04. The molecule has 0 amide bonds. The van der Waals surface area contributed by atoms with E-state index in [4.69, 9.17) is 10.1 Å². The van der Waals surface area contributed by atoms with Gasteiger partial charge in [-0.2, -0.15) is 0 Å². The molecule has 1 rings (SSSR count). The highest BCUT2D eigenvalue weighted by Crippen LogP contribution is 2.10. The Kier molecular flexibility index (Phi) is 5.11. The molecule has 1 unspecified atom stereocenters. The molecule has 0 bridgehead atoms. The fourth-order valence-corrected chi connectivity index (χ4v) is 1.04. The SMILES string of the molecule is CCC(=N)O/C=N/CC(C)c1cnccn1. The number of aliphatic imine (C=N–C) groups is 1. The molecule has 0 fully saturated rings. The van der Waals surface area contributed by atoms with Crippen LogP contribution in [-0.2, 0) is 4.74 Å². The van der Waals surface area contributed by atoms with Crippen molar-refractivity contribution in [3.8, 4) is 0 Å². The van der Waals surface area contributed by atoms with Gasteiger partial charge in [0, 0.05) is 30.9 Å². The zero-order chi connectivity index (χ0) is 11.8. The number of aromatic nitrogens is 2. The lowest BCUT2D eigenvalue weighted by Gasteiger charge is -2.06. The lowest BCUT2D eigenvalue weighted by molar-refractivity contribution is 0.540. The molecule has 0 aliphatic carbocycles. The van der Waals surface area contributed by atoms with Gasteiger partial charge in [-0.15, -0.1) is 0 Å². The summed E-state index contributed by atoms with van der Waals surface area (Å²) in [4.78, 5) is 12.3. The van der Waals surface area contributed by atoms with E-state index in [0.29, 0.717) is 13.0 Å². The maximum absolute atomic E-state index is 7.25. The van der Waals surface area contributed by atoms with E-state index in [-0.39, 0.29) is 11.8 Å². The van der Waals surface area contributed by atoms with Crippen molar-refractivity contribution in [3.05, 3.63) is 24.3 Å². The molecule has 0 aliphatic heterocycles. The highest BCUT2D eigenvalue weighted by Gasteiger charge is 2.04. The summed E-state index contributed by atoms with van der Waals surface area (Å²) in [7, 11) is 0. The Bertz CT molecular complexity index is 350. The molecular weight excluding hydrogens is 204 g/mol. The van der Waals surface area contributed by atoms with Gasteiger partial charge in [-0.05, 0) is 0 Å². The summed E-state index contributed by atoms with van der Waals surface area (Å²) < 4.78 is 4.93. The first kappa shape index (κ1) is 12.3. The van der Waals surface area contributed by atoms with E-state index in [2.05, 4.69) is 15.0 Å². The Labute approximate surface area is 95.1 Å². The molecule has 1 aromatic rings. The van der Waals surface area contributed by atoms with Gasteiger partial charge in [-0.1, -0.05) is 13.8 Å². The lowest BCUT2D eigenvalue weighted by atomic mass is 10.1. The first-order valence-electron chi connectivity index (χ1n) is 5.22. The van der Waals surface area contributed by atoms with Crippen LogP contribution >= 0.6 is 0 Å². The van der Waals surface area contributed by atoms with Gasteiger partial charge >= 0.3 is 0 Å². The second-order valence-electron chi connectivity index (χ2n) is 3.40. The van der Waals surface area contributed by atoms with Gasteiger partial charge in [0.05, 0.1) is 12.2 Å². The molecule has 1 aromatic heterocycles. The zero-order valence-electron chi connectivity index (χ0n) is 9.55. The van der Waals surface area contributed by atoms with Crippen LogP contribution in [0.2, 0.25) is 0 Å². The lowest BCUT2D eigenvalue weighted by Crippen LogP contribution is -2.03. The van der Waals surface area contributed by atoms with Crippen molar-refractivity contribution >= 4 is 12.3 Å². The van der Waals surface area contributed by atoms with E-state index in [1.807, 2.05) is 13.8 Å². The smallest absolute Gasteiger partial charge is 0.188 e. The minimum absolute atomic E-state index is 0.198. The number of hydrogen-bond donors (Lipinski definition) is 1. The Morgan fingerprint density at radius 2 is 2.44 bits per heavy atom. The molecule has 1 heterocycles. The zero-order valence-corrected chi connectivity index (χ0v) is 9.55. The van der Waals surface area contributed by atoms with Crippen molar-refractivity contribution in [3.63, 3.8) is 0 Å². The molecule has 0 saturated heterocycles. The Balaban J connectivity index is 2.36. The topological polar surface area (TPSA) is 71.2 Å². The van der Waals surface area contributed by atoms with Crippen LogP contribution in [-0.4, -0.2) is 28.8 Å². The van der Waals surface area contributed by atoms with E-state index in [1.165, 1.54) is 6.40 Å². The highest BCUT2D eigenvalue weighted by atomic mass is 16.5. The summed E-state index contributed by atoms with van der Waals surface area (Å²) in [6, 6.07) is 0. The third-order valence-corrected chi connectivity index (χ3v) is 2.06. The molecule has 1 N–H and O–H groups in total. The third-order valence-electron chi connectivity index (χ3n) is 2.06. The predicted molar refractivity (Wildman–Crippen MR) is 62.9 cm³/mol. The van der Waals surface area contributed by atoms with Crippen molar-refractivity contribution in [2.75, 3.05) is 6.54 Å². The summed E-state index contributed by atoms with van der Waals surface area (Å²) in [6.07, 6.45) is 6.93. The minimum atomic E-state index is 0.198. The number of nitrogens with zero attached hydrogens (tertiary/aromatic N) is 3. The summed E-state index contributed by atoms with van der Waals surface area (Å²) in [5, 5.41) is 7.25. The summed E-state index contributed by atoms with van der Waals surface area (Å²) >= 11 is 0. The molecule has 5 heteroatoms. The quantitative estimate of drug-likeness (QED) is 0.609. The molecule has 0 radical (unpaired) electrons. The van der Waals surface area contributed by atoms with E-state index < -0.39 is 0 Å². The highest BCUT2D eigenvalue weighted by molar-refractivity contribution is 5.79. The molecule has 0 aromatic carbocycles.